The normalized spacial score (nSPS) is 10.5. The lowest BCUT2D eigenvalue weighted by atomic mass is 10.0. The molecule has 0 bridgehead atoms. The molecule has 0 aliphatic heterocycles. The Morgan fingerprint density at radius 1 is 1.11 bits per heavy atom. The molecule has 7 nitrogen and oxygen atoms in total. The maximum Gasteiger partial charge on any atom is 0.338 e. The molecule has 0 radical (unpaired) electrons. The number of nitrogens with one attached hydrogen (secondary N) is 1. The van der Waals surface area contributed by atoms with Crippen LogP contribution < -0.4 is 5.32 Å². The summed E-state index contributed by atoms with van der Waals surface area (Å²) >= 11 is 0. The van der Waals surface area contributed by atoms with Gasteiger partial charge in [0.2, 0.25) is 0 Å². The van der Waals surface area contributed by atoms with E-state index in [2.05, 4.69) is 15.4 Å². The van der Waals surface area contributed by atoms with Crippen molar-refractivity contribution in [3.8, 4) is 5.69 Å². The number of methoxy groups -OCH3 is 1. The summed E-state index contributed by atoms with van der Waals surface area (Å²) in [7, 11) is 2.96. The summed E-state index contributed by atoms with van der Waals surface area (Å²) in [5.41, 5.74) is 4.64. The zero-order valence-corrected chi connectivity index (χ0v) is 15.4. The average Bonchev–Trinajstić information content (AvgIpc) is 3.07. The molecule has 1 aromatic carbocycles. The molecule has 2 heterocycles. The Labute approximate surface area is 157 Å². The Kier molecular flexibility index (Phi) is 5.30. The molecule has 138 valence electrons. The van der Waals surface area contributed by atoms with Gasteiger partial charge in [0, 0.05) is 37.1 Å². The number of pyridine rings is 1. The minimum atomic E-state index is -0.387. The van der Waals surface area contributed by atoms with Crippen molar-refractivity contribution in [2.75, 3.05) is 14.2 Å². The van der Waals surface area contributed by atoms with E-state index < -0.39 is 0 Å². The highest BCUT2D eigenvalue weighted by atomic mass is 16.5. The molecule has 0 spiro atoms. The van der Waals surface area contributed by atoms with Crippen molar-refractivity contribution in [1.82, 2.24) is 20.1 Å². The van der Waals surface area contributed by atoms with Crippen molar-refractivity contribution in [3.05, 3.63) is 76.9 Å². The monoisotopic (exact) mass is 364 g/mol. The van der Waals surface area contributed by atoms with E-state index in [1.807, 2.05) is 19.1 Å². The predicted octanol–water partition coefficient (Wildman–Crippen LogP) is 2.31. The van der Waals surface area contributed by atoms with E-state index in [1.165, 1.54) is 7.11 Å². The largest absolute Gasteiger partial charge is 0.465 e. The van der Waals surface area contributed by atoms with Crippen LogP contribution in [0.5, 0.6) is 0 Å². The molecule has 1 N–H and O–H groups in total. The number of ether oxygens (including phenoxy) is 1. The zero-order chi connectivity index (χ0) is 19.4. The van der Waals surface area contributed by atoms with Crippen LogP contribution in [0, 0.1) is 6.92 Å². The first-order valence-electron chi connectivity index (χ1n) is 8.42. The van der Waals surface area contributed by atoms with E-state index in [-0.39, 0.29) is 11.9 Å². The van der Waals surface area contributed by atoms with Gasteiger partial charge in [-0.25, -0.2) is 9.48 Å². The van der Waals surface area contributed by atoms with E-state index in [4.69, 9.17) is 4.74 Å². The van der Waals surface area contributed by atoms with Gasteiger partial charge in [0.1, 0.15) is 0 Å². The SMILES string of the molecule is CNC(=O)c1ccc(-n2ncc(Cc3cnccc3C(=O)OC)c2C)cc1. The molecule has 0 saturated heterocycles. The number of hydrogen-bond acceptors (Lipinski definition) is 5. The van der Waals surface area contributed by atoms with E-state index in [0.29, 0.717) is 17.5 Å². The van der Waals surface area contributed by atoms with Gasteiger partial charge in [0.05, 0.1) is 24.6 Å². The molecule has 3 rings (SSSR count). The molecule has 1 amide bonds. The summed E-state index contributed by atoms with van der Waals surface area (Å²) in [6.45, 7) is 1.96. The van der Waals surface area contributed by atoms with Crippen molar-refractivity contribution in [2.45, 2.75) is 13.3 Å². The van der Waals surface area contributed by atoms with E-state index >= 15 is 0 Å². The molecule has 0 unspecified atom stereocenters. The second-order valence-corrected chi connectivity index (χ2v) is 5.99. The molecule has 0 fully saturated rings. The minimum Gasteiger partial charge on any atom is -0.465 e. The molecule has 27 heavy (non-hydrogen) atoms. The standard InChI is InChI=1S/C20H20N4O3/c1-13-15(10-16-11-22-9-8-18(16)20(26)27-3)12-23-24(13)17-6-4-14(5-7-17)19(25)21-2/h4-9,11-12H,10H2,1-3H3,(H,21,25). The van der Waals surface area contributed by atoms with Crippen LogP contribution in [-0.2, 0) is 11.2 Å². The number of esters is 1. The van der Waals surface area contributed by atoms with E-state index in [0.717, 1.165) is 22.5 Å². The summed E-state index contributed by atoms with van der Waals surface area (Å²) < 4.78 is 6.64. The Morgan fingerprint density at radius 2 is 1.85 bits per heavy atom. The van der Waals surface area contributed by atoms with Gasteiger partial charge in [-0.2, -0.15) is 5.10 Å². The number of rotatable bonds is 5. The Bertz CT molecular complexity index is 977. The summed E-state index contributed by atoms with van der Waals surface area (Å²) in [5.74, 6) is -0.520. The molecule has 0 aliphatic carbocycles. The van der Waals surface area contributed by atoms with Crippen molar-refractivity contribution in [3.63, 3.8) is 0 Å². The topological polar surface area (TPSA) is 86.1 Å². The van der Waals surface area contributed by atoms with Crippen LogP contribution in [0.15, 0.2) is 48.9 Å². The highest BCUT2D eigenvalue weighted by Crippen LogP contribution is 2.20. The van der Waals surface area contributed by atoms with Gasteiger partial charge in [-0.1, -0.05) is 0 Å². The lowest BCUT2D eigenvalue weighted by molar-refractivity contribution is 0.0599. The lowest BCUT2D eigenvalue weighted by Gasteiger charge is -2.08. The Hall–Kier alpha value is -3.48. The van der Waals surface area contributed by atoms with Crippen molar-refractivity contribution < 1.29 is 14.3 Å². The van der Waals surface area contributed by atoms with Crippen LogP contribution in [0.4, 0.5) is 0 Å². The van der Waals surface area contributed by atoms with Crippen LogP contribution in [0.25, 0.3) is 5.69 Å². The molecular weight excluding hydrogens is 344 g/mol. The molecule has 2 aromatic heterocycles. The van der Waals surface area contributed by atoms with Gasteiger partial charge in [0.15, 0.2) is 0 Å². The first kappa shape index (κ1) is 18.3. The number of carbonyl (C=O) groups is 2. The van der Waals surface area contributed by atoms with E-state index in [9.17, 15) is 9.59 Å². The minimum absolute atomic E-state index is 0.133. The molecular formula is C20H20N4O3. The van der Waals surface area contributed by atoms with Crippen LogP contribution in [0.2, 0.25) is 0 Å². The molecule has 7 heteroatoms. The van der Waals surface area contributed by atoms with Crippen molar-refractivity contribution in [1.29, 1.82) is 0 Å². The summed E-state index contributed by atoms with van der Waals surface area (Å²) in [5, 5.41) is 7.05. The first-order chi connectivity index (χ1) is 13.0. The highest BCUT2D eigenvalue weighted by molar-refractivity contribution is 5.94. The van der Waals surface area contributed by atoms with Crippen LogP contribution >= 0.6 is 0 Å². The number of hydrogen-bond donors (Lipinski definition) is 1. The lowest BCUT2D eigenvalue weighted by Crippen LogP contribution is -2.17. The fourth-order valence-electron chi connectivity index (χ4n) is 2.86. The summed E-state index contributed by atoms with van der Waals surface area (Å²) in [4.78, 5) is 27.7. The average molecular weight is 364 g/mol. The third kappa shape index (κ3) is 3.72. The van der Waals surface area contributed by atoms with Gasteiger partial charge in [0.25, 0.3) is 5.91 Å². The van der Waals surface area contributed by atoms with Gasteiger partial charge < -0.3 is 10.1 Å². The third-order valence-corrected chi connectivity index (χ3v) is 4.40. The molecule has 3 aromatic rings. The van der Waals surface area contributed by atoms with Gasteiger partial charge in [-0.15, -0.1) is 0 Å². The number of aromatic nitrogens is 3. The summed E-state index contributed by atoms with van der Waals surface area (Å²) in [6, 6.07) is 8.85. The van der Waals surface area contributed by atoms with E-state index in [1.54, 1.807) is 48.5 Å². The predicted molar refractivity (Wildman–Crippen MR) is 100 cm³/mol. The number of carbonyl (C=O) groups excluding carboxylic acids is 2. The number of benzene rings is 1. The Balaban J connectivity index is 1.88. The quantitative estimate of drug-likeness (QED) is 0.702. The highest BCUT2D eigenvalue weighted by Gasteiger charge is 2.15. The molecule has 0 atom stereocenters. The van der Waals surface area contributed by atoms with Gasteiger partial charge in [-0.05, 0) is 48.4 Å². The number of nitrogens with zero attached hydrogens (tertiary/aromatic N) is 3. The molecule has 0 aliphatic rings. The third-order valence-electron chi connectivity index (χ3n) is 4.40. The second kappa shape index (κ2) is 7.82. The van der Waals surface area contributed by atoms with Crippen molar-refractivity contribution >= 4 is 11.9 Å². The maximum absolute atomic E-state index is 11.9. The second-order valence-electron chi connectivity index (χ2n) is 5.99. The van der Waals surface area contributed by atoms with Gasteiger partial charge >= 0.3 is 5.97 Å². The molecule has 0 saturated carbocycles. The van der Waals surface area contributed by atoms with Crippen LogP contribution in [0.3, 0.4) is 0 Å². The smallest absolute Gasteiger partial charge is 0.338 e. The first-order valence-corrected chi connectivity index (χ1v) is 8.42. The van der Waals surface area contributed by atoms with Crippen LogP contribution in [0.1, 0.15) is 37.5 Å². The van der Waals surface area contributed by atoms with Crippen molar-refractivity contribution in [2.24, 2.45) is 0 Å². The van der Waals surface area contributed by atoms with Gasteiger partial charge in [-0.3, -0.25) is 9.78 Å². The fraction of sp³-hybridized carbons (Fsp3) is 0.200. The number of amides is 1. The fourth-order valence-corrected chi connectivity index (χ4v) is 2.86. The maximum atomic E-state index is 11.9. The summed E-state index contributed by atoms with van der Waals surface area (Å²) in [6.07, 6.45) is 5.53. The Morgan fingerprint density at radius 3 is 2.52 bits per heavy atom. The zero-order valence-electron chi connectivity index (χ0n) is 15.4. The van der Waals surface area contributed by atoms with Crippen LogP contribution in [-0.4, -0.2) is 40.8 Å².